The molecule has 1 aromatic rings. The molecule has 1 heterocycles. The molecule has 0 aliphatic heterocycles. The summed E-state index contributed by atoms with van der Waals surface area (Å²) in [4.78, 5) is 15.2. The number of anilines is 2. The van der Waals surface area contributed by atoms with Crippen LogP contribution in [0.25, 0.3) is 0 Å². The number of ether oxygens (including phenoxy) is 1. The van der Waals surface area contributed by atoms with Crippen LogP contribution in [0.2, 0.25) is 0 Å². The molecular weight excluding hydrogens is 268 g/mol. The highest BCUT2D eigenvalue weighted by Crippen LogP contribution is 2.13. The van der Waals surface area contributed by atoms with Crippen molar-refractivity contribution >= 4 is 11.9 Å². The Kier molecular flexibility index (Phi) is 7.14. The molecule has 120 valence electrons. The second-order valence-electron chi connectivity index (χ2n) is 5.21. The molecule has 1 rings (SSSR count). The SMILES string of the molecule is CCN(CC)CC(C)Nc1nc(NC)nc(OC(C)C)n1. The lowest BCUT2D eigenvalue weighted by molar-refractivity contribution is 0.222. The second kappa shape index (κ2) is 8.61. The van der Waals surface area contributed by atoms with Gasteiger partial charge in [0.1, 0.15) is 0 Å². The first-order valence-corrected chi connectivity index (χ1v) is 7.57. The Morgan fingerprint density at radius 2 is 1.67 bits per heavy atom. The predicted molar refractivity (Wildman–Crippen MR) is 86.0 cm³/mol. The molecule has 0 spiro atoms. The van der Waals surface area contributed by atoms with Crippen molar-refractivity contribution in [3.8, 4) is 6.01 Å². The third kappa shape index (κ3) is 6.12. The van der Waals surface area contributed by atoms with Crippen molar-refractivity contribution in [3.05, 3.63) is 0 Å². The summed E-state index contributed by atoms with van der Waals surface area (Å²) in [6.45, 7) is 13.3. The number of aromatic nitrogens is 3. The largest absolute Gasteiger partial charge is 0.461 e. The third-order valence-electron chi connectivity index (χ3n) is 2.98. The molecule has 2 N–H and O–H groups in total. The van der Waals surface area contributed by atoms with Crippen LogP contribution in [0.3, 0.4) is 0 Å². The smallest absolute Gasteiger partial charge is 0.323 e. The number of likely N-dealkylation sites (N-methyl/N-ethyl adjacent to an activating group) is 1. The van der Waals surface area contributed by atoms with E-state index in [-0.39, 0.29) is 12.1 Å². The summed E-state index contributed by atoms with van der Waals surface area (Å²) >= 11 is 0. The zero-order valence-corrected chi connectivity index (χ0v) is 14.0. The minimum Gasteiger partial charge on any atom is -0.461 e. The van der Waals surface area contributed by atoms with Crippen molar-refractivity contribution in [3.63, 3.8) is 0 Å². The van der Waals surface area contributed by atoms with Crippen molar-refractivity contribution in [2.75, 3.05) is 37.3 Å². The molecule has 7 heteroatoms. The maximum atomic E-state index is 5.55. The quantitative estimate of drug-likeness (QED) is 0.720. The highest BCUT2D eigenvalue weighted by Gasteiger charge is 2.12. The lowest BCUT2D eigenvalue weighted by Gasteiger charge is -2.23. The van der Waals surface area contributed by atoms with Gasteiger partial charge in [-0.05, 0) is 33.9 Å². The van der Waals surface area contributed by atoms with Crippen LogP contribution in [0.15, 0.2) is 0 Å². The van der Waals surface area contributed by atoms with Crippen molar-refractivity contribution in [1.29, 1.82) is 0 Å². The van der Waals surface area contributed by atoms with Gasteiger partial charge in [0.05, 0.1) is 6.10 Å². The Morgan fingerprint density at radius 3 is 2.19 bits per heavy atom. The van der Waals surface area contributed by atoms with Crippen LogP contribution in [-0.4, -0.2) is 58.7 Å². The van der Waals surface area contributed by atoms with E-state index in [0.29, 0.717) is 17.9 Å². The molecule has 1 atom stereocenters. The average molecular weight is 296 g/mol. The van der Waals surface area contributed by atoms with Gasteiger partial charge in [-0.3, -0.25) is 0 Å². The summed E-state index contributed by atoms with van der Waals surface area (Å²) in [5.41, 5.74) is 0. The van der Waals surface area contributed by atoms with Gasteiger partial charge in [-0.2, -0.15) is 15.0 Å². The van der Waals surface area contributed by atoms with Crippen LogP contribution in [0.5, 0.6) is 6.01 Å². The van der Waals surface area contributed by atoms with E-state index >= 15 is 0 Å². The van der Waals surface area contributed by atoms with E-state index in [9.17, 15) is 0 Å². The van der Waals surface area contributed by atoms with Gasteiger partial charge in [-0.15, -0.1) is 0 Å². The molecule has 0 radical (unpaired) electrons. The molecule has 0 fully saturated rings. The van der Waals surface area contributed by atoms with Crippen LogP contribution < -0.4 is 15.4 Å². The minimum absolute atomic E-state index is 0.0260. The van der Waals surface area contributed by atoms with Gasteiger partial charge in [-0.25, -0.2) is 0 Å². The van der Waals surface area contributed by atoms with Gasteiger partial charge < -0.3 is 20.3 Å². The molecule has 0 bridgehead atoms. The molecule has 1 aromatic heterocycles. The first-order chi connectivity index (χ1) is 9.98. The topological polar surface area (TPSA) is 75.2 Å². The minimum atomic E-state index is 0.0260. The summed E-state index contributed by atoms with van der Waals surface area (Å²) in [5, 5.41) is 6.23. The Bertz CT molecular complexity index is 422. The van der Waals surface area contributed by atoms with E-state index in [1.165, 1.54) is 0 Å². The average Bonchev–Trinajstić information content (AvgIpc) is 2.43. The lowest BCUT2D eigenvalue weighted by Crippen LogP contribution is -2.35. The van der Waals surface area contributed by atoms with Crippen LogP contribution in [0.4, 0.5) is 11.9 Å². The Morgan fingerprint density at radius 1 is 1.05 bits per heavy atom. The number of nitrogens with one attached hydrogen (secondary N) is 2. The number of rotatable bonds is 9. The van der Waals surface area contributed by atoms with E-state index in [1.807, 2.05) is 13.8 Å². The molecule has 7 nitrogen and oxygen atoms in total. The van der Waals surface area contributed by atoms with Crippen LogP contribution in [0.1, 0.15) is 34.6 Å². The molecule has 0 saturated heterocycles. The summed E-state index contributed by atoms with van der Waals surface area (Å²) in [6, 6.07) is 0.575. The zero-order chi connectivity index (χ0) is 15.8. The molecule has 1 unspecified atom stereocenters. The molecule has 0 aromatic carbocycles. The van der Waals surface area contributed by atoms with E-state index in [4.69, 9.17) is 4.74 Å². The van der Waals surface area contributed by atoms with Gasteiger partial charge in [-0.1, -0.05) is 13.8 Å². The fourth-order valence-electron chi connectivity index (χ4n) is 1.93. The van der Waals surface area contributed by atoms with Crippen LogP contribution in [0, 0.1) is 0 Å². The first kappa shape index (κ1) is 17.4. The van der Waals surface area contributed by atoms with Crippen molar-refractivity contribution in [2.24, 2.45) is 0 Å². The van der Waals surface area contributed by atoms with Crippen molar-refractivity contribution in [2.45, 2.75) is 46.8 Å². The Balaban J connectivity index is 2.76. The van der Waals surface area contributed by atoms with Crippen molar-refractivity contribution in [1.82, 2.24) is 19.9 Å². The Hall–Kier alpha value is -1.63. The first-order valence-electron chi connectivity index (χ1n) is 7.57. The van der Waals surface area contributed by atoms with Gasteiger partial charge in [0.15, 0.2) is 0 Å². The van der Waals surface area contributed by atoms with E-state index in [0.717, 1.165) is 19.6 Å². The molecule has 0 aliphatic rings. The highest BCUT2D eigenvalue weighted by atomic mass is 16.5. The van der Waals surface area contributed by atoms with E-state index < -0.39 is 0 Å². The molecule has 0 aliphatic carbocycles. The zero-order valence-electron chi connectivity index (χ0n) is 14.0. The second-order valence-corrected chi connectivity index (χ2v) is 5.21. The predicted octanol–water partition coefficient (Wildman–Crippen LogP) is 1.84. The summed E-state index contributed by atoms with van der Waals surface area (Å²) in [5.74, 6) is 1.03. The molecule has 0 amide bonds. The number of nitrogens with zero attached hydrogens (tertiary/aromatic N) is 4. The lowest BCUT2D eigenvalue weighted by atomic mass is 10.3. The van der Waals surface area contributed by atoms with Crippen molar-refractivity contribution < 1.29 is 4.74 Å². The van der Waals surface area contributed by atoms with Gasteiger partial charge in [0.2, 0.25) is 11.9 Å². The standard InChI is InChI=1S/C14H28N6O/c1-7-20(8-2)9-11(5)16-13-17-12(15-6)18-14(19-13)21-10(3)4/h10-11H,7-9H2,1-6H3,(H2,15,16,17,18,19). The monoisotopic (exact) mass is 296 g/mol. The maximum absolute atomic E-state index is 5.55. The van der Waals surface area contributed by atoms with Gasteiger partial charge >= 0.3 is 6.01 Å². The molecule has 0 saturated carbocycles. The number of hydrogen-bond acceptors (Lipinski definition) is 7. The normalized spacial score (nSPS) is 12.6. The fourth-order valence-corrected chi connectivity index (χ4v) is 1.93. The van der Waals surface area contributed by atoms with E-state index in [1.54, 1.807) is 7.05 Å². The fraction of sp³-hybridized carbons (Fsp3) is 0.786. The number of hydrogen-bond donors (Lipinski definition) is 2. The molecule has 21 heavy (non-hydrogen) atoms. The highest BCUT2D eigenvalue weighted by molar-refractivity contribution is 5.36. The summed E-state index contributed by atoms with van der Waals surface area (Å²) < 4.78 is 5.55. The molecular formula is C14H28N6O. The van der Waals surface area contributed by atoms with Crippen LogP contribution >= 0.6 is 0 Å². The Labute approximate surface area is 127 Å². The summed E-state index contributed by atoms with van der Waals surface area (Å²) in [7, 11) is 1.78. The van der Waals surface area contributed by atoms with E-state index in [2.05, 4.69) is 51.3 Å². The third-order valence-corrected chi connectivity index (χ3v) is 2.98. The van der Waals surface area contributed by atoms with Gasteiger partial charge in [0.25, 0.3) is 0 Å². The van der Waals surface area contributed by atoms with Crippen LogP contribution in [-0.2, 0) is 0 Å². The van der Waals surface area contributed by atoms with Gasteiger partial charge in [0, 0.05) is 19.6 Å². The summed E-state index contributed by atoms with van der Waals surface area (Å²) in [6.07, 6.45) is 0.0260. The maximum Gasteiger partial charge on any atom is 0.323 e.